The standard InChI is InChI=1S/C13H19ClN4O/c1-17(8-9-19-2)6-7-18-12-10(14)4-3-5-11(12)16-13(18)15/h3-5H,6-9H2,1-2H3,(H2,15,16). The van der Waals surface area contributed by atoms with Crippen molar-refractivity contribution in [3.05, 3.63) is 23.2 Å². The van der Waals surface area contributed by atoms with Crippen LogP contribution in [0.4, 0.5) is 5.95 Å². The zero-order valence-corrected chi connectivity index (χ0v) is 12.0. The Labute approximate surface area is 117 Å². The van der Waals surface area contributed by atoms with E-state index in [9.17, 15) is 0 Å². The molecule has 1 aromatic heterocycles. The Morgan fingerprint density at radius 1 is 1.42 bits per heavy atom. The van der Waals surface area contributed by atoms with Crippen molar-refractivity contribution in [2.75, 3.05) is 39.6 Å². The normalized spacial score (nSPS) is 11.6. The minimum absolute atomic E-state index is 0.503. The van der Waals surface area contributed by atoms with Gasteiger partial charge >= 0.3 is 0 Å². The highest BCUT2D eigenvalue weighted by atomic mass is 35.5. The van der Waals surface area contributed by atoms with Crippen LogP contribution in [-0.2, 0) is 11.3 Å². The van der Waals surface area contributed by atoms with Gasteiger partial charge in [0.15, 0.2) is 0 Å². The smallest absolute Gasteiger partial charge is 0.201 e. The molecular weight excluding hydrogens is 264 g/mol. The molecule has 2 rings (SSSR count). The number of likely N-dealkylation sites (N-methyl/N-ethyl adjacent to an activating group) is 1. The van der Waals surface area contributed by atoms with Crippen molar-refractivity contribution >= 4 is 28.6 Å². The Morgan fingerprint density at radius 3 is 2.95 bits per heavy atom. The predicted octanol–water partition coefficient (Wildman–Crippen LogP) is 1.85. The number of imidazole rings is 1. The fraction of sp³-hybridized carbons (Fsp3) is 0.462. The first-order valence-corrected chi connectivity index (χ1v) is 6.59. The van der Waals surface area contributed by atoms with Gasteiger partial charge in [0.05, 0.1) is 22.7 Å². The highest BCUT2D eigenvalue weighted by Crippen LogP contribution is 2.25. The van der Waals surface area contributed by atoms with Crippen LogP contribution < -0.4 is 5.73 Å². The number of benzene rings is 1. The second-order valence-corrected chi connectivity index (χ2v) is 4.93. The summed E-state index contributed by atoms with van der Waals surface area (Å²) in [5.74, 6) is 0.503. The van der Waals surface area contributed by atoms with Crippen LogP contribution >= 0.6 is 11.6 Å². The molecule has 0 spiro atoms. The average molecular weight is 283 g/mol. The maximum atomic E-state index is 6.22. The van der Waals surface area contributed by atoms with Crippen molar-refractivity contribution in [1.29, 1.82) is 0 Å². The molecule has 0 saturated carbocycles. The van der Waals surface area contributed by atoms with E-state index >= 15 is 0 Å². The zero-order chi connectivity index (χ0) is 13.8. The largest absolute Gasteiger partial charge is 0.383 e. The number of para-hydroxylation sites is 1. The number of methoxy groups -OCH3 is 1. The number of fused-ring (bicyclic) bond motifs is 1. The third kappa shape index (κ3) is 3.18. The topological polar surface area (TPSA) is 56.3 Å². The molecule has 0 aliphatic heterocycles. The Balaban J connectivity index is 2.14. The number of hydrogen-bond acceptors (Lipinski definition) is 4. The van der Waals surface area contributed by atoms with E-state index in [0.29, 0.717) is 11.0 Å². The highest BCUT2D eigenvalue weighted by molar-refractivity contribution is 6.35. The number of nitrogen functional groups attached to an aromatic ring is 1. The fourth-order valence-electron chi connectivity index (χ4n) is 2.02. The number of aromatic nitrogens is 2. The van der Waals surface area contributed by atoms with Crippen LogP contribution in [0, 0.1) is 0 Å². The minimum Gasteiger partial charge on any atom is -0.383 e. The predicted molar refractivity (Wildman–Crippen MR) is 78.5 cm³/mol. The molecule has 6 heteroatoms. The van der Waals surface area contributed by atoms with E-state index < -0.39 is 0 Å². The molecule has 0 saturated heterocycles. The zero-order valence-electron chi connectivity index (χ0n) is 11.3. The number of rotatable bonds is 6. The van der Waals surface area contributed by atoms with Gasteiger partial charge in [-0.15, -0.1) is 0 Å². The molecule has 2 N–H and O–H groups in total. The summed E-state index contributed by atoms with van der Waals surface area (Å²) in [6.07, 6.45) is 0. The van der Waals surface area contributed by atoms with Gasteiger partial charge in [0.1, 0.15) is 0 Å². The van der Waals surface area contributed by atoms with Crippen molar-refractivity contribution in [3.63, 3.8) is 0 Å². The lowest BCUT2D eigenvalue weighted by Gasteiger charge is -2.17. The van der Waals surface area contributed by atoms with E-state index in [1.54, 1.807) is 7.11 Å². The van der Waals surface area contributed by atoms with Crippen LogP contribution in [0.1, 0.15) is 0 Å². The molecule has 0 aliphatic carbocycles. The van der Waals surface area contributed by atoms with Crippen LogP contribution in [0.5, 0.6) is 0 Å². The second kappa shape index (κ2) is 6.23. The van der Waals surface area contributed by atoms with Gasteiger partial charge in [-0.1, -0.05) is 17.7 Å². The molecule has 0 amide bonds. The maximum absolute atomic E-state index is 6.22. The summed E-state index contributed by atoms with van der Waals surface area (Å²) >= 11 is 6.22. The molecule has 0 atom stereocenters. The highest BCUT2D eigenvalue weighted by Gasteiger charge is 2.11. The van der Waals surface area contributed by atoms with Crippen LogP contribution in [0.25, 0.3) is 11.0 Å². The van der Waals surface area contributed by atoms with Gasteiger partial charge in [0.25, 0.3) is 0 Å². The van der Waals surface area contributed by atoms with Crippen molar-refractivity contribution in [1.82, 2.24) is 14.5 Å². The molecule has 104 valence electrons. The fourth-order valence-corrected chi connectivity index (χ4v) is 2.29. The first-order valence-electron chi connectivity index (χ1n) is 6.21. The van der Waals surface area contributed by atoms with Crippen LogP contribution in [0.15, 0.2) is 18.2 Å². The van der Waals surface area contributed by atoms with Crippen LogP contribution in [0.3, 0.4) is 0 Å². The lowest BCUT2D eigenvalue weighted by molar-refractivity contribution is 0.159. The second-order valence-electron chi connectivity index (χ2n) is 4.53. The van der Waals surface area contributed by atoms with E-state index in [2.05, 4.69) is 16.9 Å². The molecule has 0 aliphatic rings. The summed E-state index contributed by atoms with van der Waals surface area (Å²) in [5.41, 5.74) is 7.70. The van der Waals surface area contributed by atoms with E-state index in [4.69, 9.17) is 22.1 Å². The van der Waals surface area contributed by atoms with Gasteiger partial charge in [-0.05, 0) is 19.2 Å². The molecular formula is C13H19ClN4O. The number of hydrogen-bond donors (Lipinski definition) is 1. The molecule has 2 aromatic rings. The third-order valence-electron chi connectivity index (χ3n) is 3.13. The van der Waals surface area contributed by atoms with Gasteiger partial charge in [-0.25, -0.2) is 4.98 Å². The van der Waals surface area contributed by atoms with Crippen molar-refractivity contribution in [2.24, 2.45) is 0 Å². The molecule has 19 heavy (non-hydrogen) atoms. The summed E-state index contributed by atoms with van der Waals surface area (Å²) in [4.78, 5) is 6.51. The summed E-state index contributed by atoms with van der Waals surface area (Å²) < 4.78 is 7.02. The molecule has 0 unspecified atom stereocenters. The van der Waals surface area contributed by atoms with Crippen molar-refractivity contribution < 1.29 is 4.74 Å². The average Bonchev–Trinajstić information content (AvgIpc) is 2.71. The molecule has 0 radical (unpaired) electrons. The van der Waals surface area contributed by atoms with Crippen LogP contribution in [-0.4, -0.2) is 48.3 Å². The summed E-state index contributed by atoms with van der Waals surface area (Å²) in [7, 11) is 3.75. The number of anilines is 1. The maximum Gasteiger partial charge on any atom is 0.201 e. The minimum atomic E-state index is 0.503. The third-order valence-corrected chi connectivity index (χ3v) is 3.43. The number of halogens is 1. The number of nitrogens with zero attached hydrogens (tertiary/aromatic N) is 3. The van der Waals surface area contributed by atoms with Gasteiger partial charge in [-0.3, -0.25) is 0 Å². The van der Waals surface area contributed by atoms with Gasteiger partial charge in [0.2, 0.25) is 5.95 Å². The van der Waals surface area contributed by atoms with E-state index in [-0.39, 0.29) is 0 Å². The summed E-state index contributed by atoms with van der Waals surface area (Å²) in [5, 5.41) is 0.682. The van der Waals surface area contributed by atoms with Crippen molar-refractivity contribution in [2.45, 2.75) is 6.54 Å². The molecule has 1 heterocycles. The Bertz CT molecular complexity index is 555. The lowest BCUT2D eigenvalue weighted by Crippen LogP contribution is -2.27. The first-order chi connectivity index (χ1) is 9.13. The van der Waals surface area contributed by atoms with Crippen molar-refractivity contribution in [3.8, 4) is 0 Å². The van der Waals surface area contributed by atoms with Gasteiger partial charge in [0, 0.05) is 26.7 Å². The summed E-state index contributed by atoms with van der Waals surface area (Å²) in [6.45, 7) is 3.23. The Kier molecular flexibility index (Phi) is 4.63. The van der Waals surface area contributed by atoms with Gasteiger partial charge < -0.3 is 19.9 Å². The monoisotopic (exact) mass is 282 g/mol. The Morgan fingerprint density at radius 2 is 2.21 bits per heavy atom. The van der Waals surface area contributed by atoms with E-state index in [1.165, 1.54) is 0 Å². The van der Waals surface area contributed by atoms with Crippen LogP contribution in [0.2, 0.25) is 5.02 Å². The molecule has 5 nitrogen and oxygen atoms in total. The first kappa shape index (κ1) is 14.1. The SMILES string of the molecule is COCCN(C)CCn1c(N)nc2cccc(Cl)c21. The molecule has 1 aromatic carbocycles. The van der Waals surface area contributed by atoms with E-state index in [1.807, 2.05) is 22.8 Å². The summed E-state index contributed by atoms with van der Waals surface area (Å²) in [6, 6.07) is 5.66. The molecule has 0 bridgehead atoms. The lowest BCUT2D eigenvalue weighted by atomic mass is 10.3. The quantitative estimate of drug-likeness (QED) is 0.878. The number of ether oxygens (including phenoxy) is 1. The number of nitrogens with two attached hydrogens (primary N) is 1. The molecule has 0 fully saturated rings. The van der Waals surface area contributed by atoms with E-state index in [0.717, 1.165) is 37.3 Å². The van der Waals surface area contributed by atoms with Gasteiger partial charge in [-0.2, -0.15) is 0 Å². The Hall–Kier alpha value is -1.30.